The topological polar surface area (TPSA) is 85.7 Å². The van der Waals surface area contributed by atoms with E-state index in [1.54, 1.807) is 11.2 Å². The first-order valence-electron chi connectivity index (χ1n) is 13.2. The first-order valence-corrected chi connectivity index (χ1v) is 13.2. The number of piperazine rings is 1. The van der Waals surface area contributed by atoms with Gasteiger partial charge in [0.2, 0.25) is 5.91 Å². The zero-order chi connectivity index (χ0) is 26.4. The highest BCUT2D eigenvalue weighted by molar-refractivity contribution is 5.90. The SMILES string of the molecule is Cc1c(-c2[nH]c3ccc(N4CCN(CCC(=O)N(C)C)C[C@@H]4C)nc3c2C(C)C)cn2ncnc2c1C. The molecule has 0 saturated carbocycles. The van der Waals surface area contributed by atoms with Crippen LogP contribution in [0.5, 0.6) is 0 Å². The number of rotatable bonds is 6. The van der Waals surface area contributed by atoms with Crippen LogP contribution in [0.1, 0.15) is 49.8 Å². The average Bonchev–Trinajstić information content (AvgIpc) is 3.49. The summed E-state index contributed by atoms with van der Waals surface area (Å²) < 4.78 is 1.86. The van der Waals surface area contributed by atoms with E-state index in [1.807, 2.05) is 18.6 Å². The number of hydrogen-bond acceptors (Lipinski definition) is 6. The second-order valence-electron chi connectivity index (χ2n) is 10.8. The highest BCUT2D eigenvalue weighted by Crippen LogP contribution is 2.38. The Morgan fingerprint density at radius 1 is 1.19 bits per heavy atom. The molecule has 0 aromatic carbocycles. The van der Waals surface area contributed by atoms with Crippen molar-refractivity contribution in [3.05, 3.63) is 41.3 Å². The minimum absolute atomic E-state index is 0.181. The van der Waals surface area contributed by atoms with Crippen LogP contribution in [-0.4, -0.2) is 86.6 Å². The molecule has 9 heteroatoms. The molecule has 0 aliphatic carbocycles. The number of carbonyl (C=O) groups excluding carboxylic acids is 1. The minimum Gasteiger partial charge on any atom is -0.353 e. The zero-order valence-electron chi connectivity index (χ0n) is 23.0. The Kier molecular flexibility index (Phi) is 6.66. The van der Waals surface area contributed by atoms with Gasteiger partial charge in [-0.05, 0) is 49.9 Å². The van der Waals surface area contributed by atoms with Crippen LogP contribution in [0.25, 0.3) is 27.9 Å². The van der Waals surface area contributed by atoms with Gasteiger partial charge in [-0.3, -0.25) is 9.69 Å². The maximum atomic E-state index is 12.0. The van der Waals surface area contributed by atoms with Crippen molar-refractivity contribution in [2.75, 3.05) is 45.2 Å². The smallest absolute Gasteiger partial charge is 0.223 e. The van der Waals surface area contributed by atoms with Crippen LogP contribution in [0.2, 0.25) is 0 Å². The Labute approximate surface area is 218 Å². The normalized spacial score (nSPS) is 16.9. The summed E-state index contributed by atoms with van der Waals surface area (Å²) in [5.41, 5.74) is 8.78. The van der Waals surface area contributed by atoms with E-state index in [0.29, 0.717) is 18.4 Å². The van der Waals surface area contributed by atoms with Crippen molar-refractivity contribution >= 4 is 28.4 Å². The minimum atomic E-state index is 0.181. The molecular weight excluding hydrogens is 464 g/mol. The second-order valence-corrected chi connectivity index (χ2v) is 10.8. The highest BCUT2D eigenvalue weighted by atomic mass is 16.2. The summed E-state index contributed by atoms with van der Waals surface area (Å²) in [4.78, 5) is 31.8. The van der Waals surface area contributed by atoms with Gasteiger partial charge in [-0.25, -0.2) is 14.5 Å². The van der Waals surface area contributed by atoms with Gasteiger partial charge in [-0.1, -0.05) is 13.8 Å². The Balaban J connectivity index is 1.46. The number of fused-ring (bicyclic) bond motifs is 2. The molecule has 4 aromatic rings. The fraction of sp³-hybridized carbons (Fsp3) is 0.500. The van der Waals surface area contributed by atoms with Crippen molar-refractivity contribution in [3.8, 4) is 11.3 Å². The Hall–Kier alpha value is -3.46. The summed E-state index contributed by atoms with van der Waals surface area (Å²) in [5, 5.41) is 4.40. The van der Waals surface area contributed by atoms with E-state index in [0.717, 1.165) is 65.5 Å². The van der Waals surface area contributed by atoms with E-state index in [2.05, 4.69) is 77.8 Å². The summed E-state index contributed by atoms with van der Waals surface area (Å²) in [6, 6.07) is 4.61. The van der Waals surface area contributed by atoms with Crippen molar-refractivity contribution in [2.24, 2.45) is 0 Å². The standard InChI is InChI=1S/C28H38N8O/c1-17(2)25-26(21-15-36-28(29-16-30-36)20(5)19(21)4)31-22-8-9-23(32-27(22)25)35-13-12-34(14-18(35)3)11-10-24(37)33(6)7/h8-9,15-18,31H,10-14H2,1-7H3/t18-/m0/s1. The monoisotopic (exact) mass is 502 g/mol. The van der Waals surface area contributed by atoms with Gasteiger partial charge in [-0.2, -0.15) is 5.10 Å². The van der Waals surface area contributed by atoms with Crippen LogP contribution >= 0.6 is 0 Å². The lowest BCUT2D eigenvalue weighted by Gasteiger charge is -2.40. The van der Waals surface area contributed by atoms with E-state index in [4.69, 9.17) is 4.98 Å². The fourth-order valence-corrected chi connectivity index (χ4v) is 5.52. The number of amides is 1. The van der Waals surface area contributed by atoms with Crippen LogP contribution in [0.4, 0.5) is 5.82 Å². The molecule has 0 spiro atoms. The summed E-state index contributed by atoms with van der Waals surface area (Å²) >= 11 is 0. The van der Waals surface area contributed by atoms with Crippen molar-refractivity contribution in [1.82, 2.24) is 34.4 Å². The molecule has 0 bridgehead atoms. The first kappa shape index (κ1) is 25.2. The lowest BCUT2D eigenvalue weighted by molar-refractivity contribution is -0.129. The molecule has 5 rings (SSSR count). The van der Waals surface area contributed by atoms with E-state index in [-0.39, 0.29) is 5.91 Å². The number of aromatic nitrogens is 5. The molecule has 1 N–H and O–H groups in total. The van der Waals surface area contributed by atoms with Gasteiger partial charge in [-0.15, -0.1) is 0 Å². The predicted octanol–water partition coefficient (Wildman–Crippen LogP) is 4.00. The maximum Gasteiger partial charge on any atom is 0.223 e. The second kappa shape index (κ2) is 9.78. The molecular formula is C28H38N8O. The molecule has 5 heterocycles. The van der Waals surface area contributed by atoms with Crippen molar-refractivity contribution in [3.63, 3.8) is 0 Å². The molecule has 9 nitrogen and oxygen atoms in total. The third kappa shape index (κ3) is 4.56. The quantitative estimate of drug-likeness (QED) is 0.429. The average molecular weight is 503 g/mol. The lowest BCUT2D eigenvalue weighted by atomic mass is 9.95. The predicted molar refractivity (Wildman–Crippen MR) is 148 cm³/mol. The van der Waals surface area contributed by atoms with Gasteiger partial charge in [0.1, 0.15) is 12.1 Å². The van der Waals surface area contributed by atoms with E-state index in [1.165, 1.54) is 11.1 Å². The number of nitrogens with one attached hydrogen (secondary N) is 1. The van der Waals surface area contributed by atoms with Crippen LogP contribution < -0.4 is 4.90 Å². The van der Waals surface area contributed by atoms with Crippen LogP contribution in [-0.2, 0) is 4.79 Å². The van der Waals surface area contributed by atoms with Crippen molar-refractivity contribution in [1.29, 1.82) is 0 Å². The van der Waals surface area contributed by atoms with Gasteiger partial charge >= 0.3 is 0 Å². The van der Waals surface area contributed by atoms with Gasteiger partial charge < -0.3 is 14.8 Å². The summed E-state index contributed by atoms with van der Waals surface area (Å²) in [7, 11) is 3.63. The largest absolute Gasteiger partial charge is 0.353 e. The van der Waals surface area contributed by atoms with Crippen LogP contribution in [0.3, 0.4) is 0 Å². The van der Waals surface area contributed by atoms with Crippen molar-refractivity contribution < 1.29 is 4.79 Å². The molecule has 0 unspecified atom stereocenters. The Morgan fingerprint density at radius 2 is 1.97 bits per heavy atom. The van der Waals surface area contributed by atoms with Crippen molar-refractivity contribution in [2.45, 2.75) is 53.0 Å². The summed E-state index contributed by atoms with van der Waals surface area (Å²) in [5.74, 6) is 1.48. The molecule has 0 radical (unpaired) electrons. The fourth-order valence-electron chi connectivity index (χ4n) is 5.52. The van der Waals surface area contributed by atoms with E-state index in [9.17, 15) is 4.79 Å². The molecule has 1 saturated heterocycles. The van der Waals surface area contributed by atoms with E-state index >= 15 is 0 Å². The Morgan fingerprint density at radius 3 is 2.68 bits per heavy atom. The third-order valence-electron chi connectivity index (χ3n) is 7.78. The molecule has 4 aromatic heterocycles. The number of pyridine rings is 2. The first-order chi connectivity index (χ1) is 17.7. The number of carbonyl (C=O) groups is 1. The number of aromatic amines is 1. The Bertz CT molecular complexity index is 1450. The van der Waals surface area contributed by atoms with E-state index < -0.39 is 0 Å². The molecule has 1 aliphatic heterocycles. The van der Waals surface area contributed by atoms with Gasteiger partial charge in [0.05, 0.1) is 16.7 Å². The molecule has 37 heavy (non-hydrogen) atoms. The summed E-state index contributed by atoms with van der Waals surface area (Å²) in [6.07, 6.45) is 4.24. The lowest BCUT2D eigenvalue weighted by Crippen LogP contribution is -2.52. The number of H-pyrrole nitrogens is 1. The number of nitrogens with zero attached hydrogens (tertiary/aromatic N) is 7. The van der Waals surface area contributed by atoms with Crippen LogP contribution in [0, 0.1) is 13.8 Å². The molecule has 1 atom stereocenters. The van der Waals surface area contributed by atoms with Gasteiger partial charge in [0, 0.05) is 70.1 Å². The summed E-state index contributed by atoms with van der Waals surface area (Å²) in [6.45, 7) is 14.5. The van der Waals surface area contributed by atoms with Gasteiger partial charge in [0.25, 0.3) is 0 Å². The molecule has 1 amide bonds. The molecule has 1 aliphatic rings. The zero-order valence-corrected chi connectivity index (χ0v) is 23.0. The molecule has 1 fully saturated rings. The maximum absolute atomic E-state index is 12.0. The van der Waals surface area contributed by atoms with Crippen LogP contribution in [0.15, 0.2) is 24.7 Å². The third-order valence-corrected chi connectivity index (χ3v) is 7.78. The van der Waals surface area contributed by atoms with Gasteiger partial charge in [0.15, 0.2) is 5.65 Å². The molecule has 196 valence electrons. The number of hydrogen-bond donors (Lipinski definition) is 1. The number of anilines is 1. The highest BCUT2D eigenvalue weighted by Gasteiger charge is 2.27. The number of aryl methyl sites for hydroxylation is 1.